The molecule has 3 aromatic carbocycles. The molecule has 6 heteroatoms. The quantitative estimate of drug-likeness (QED) is 0.489. The molecular formula is C25H30N4O2. The standard InChI is InChI=1S/C25H30N4O2/c1-3-15-25(27,29(2)23(30)22(26)16-18-9-5-4-6-10-18)24(31)28-21-14-13-19-11-7-8-12-20(19)17-21/h4-14,17,22H,3,15-16,26-27H2,1-2H3,(H,28,31)/t22-,25-/m0/s1. The molecule has 0 bridgehead atoms. The molecule has 0 unspecified atom stereocenters. The van der Waals surface area contributed by atoms with Crippen LogP contribution in [0.25, 0.3) is 10.8 Å². The molecule has 162 valence electrons. The largest absolute Gasteiger partial charge is 0.323 e. The number of likely N-dealkylation sites (N-methyl/N-ethyl adjacent to an activating group) is 1. The molecule has 2 atom stereocenters. The number of nitrogens with zero attached hydrogens (tertiary/aromatic N) is 1. The first-order chi connectivity index (χ1) is 14.8. The molecule has 0 aliphatic carbocycles. The molecule has 0 saturated heterocycles. The predicted octanol–water partition coefficient (Wildman–Crippen LogP) is 3.26. The molecule has 0 spiro atoms. The van der Waals surface area contributed by atoms with E-state index in [2.05, 4.69) is 5.32 Å². The van der Waals surface area contributed by atoms with E-state index in [0.717, 1.165) is 16.3 Å². The normalized spacial score (nSPS) is 13.9. The van der Waals surface area contributed by atoms with E-state index >= 15 is 0 Å². The Morgan fingerprint density at radius 3 is 2.32 bits per heavy atom. The lowest BCUT2D eigenvalue weighted by Gasteiger charge is -2.38. The maximum atomic E-state index is 13.2. The molecule has 3 aromatic rings. The van der Waals surface area contributed by atoms with Crippen molar-refractivity contribution in [1.29, 1.82) is 0 Å². The Balaban J connectivity index is 1.77. The zero-order valence-corrected chi connectivity index (χ0v) is 18.0. The van der Waals surface area contributed by atoms with Crippen molar-refractivity contribution in [2.75, 3.05) is 12.4 Å². The van der Waals surface area contributed by atoms with Crippen molar-refractivity contribution >= 4 is 28.3 Å². The molecular weight excluding hydrogens is 388 g/mol. The van der Waals surface area contributed by atoms with Crippen molar-refractivity contribution in [3.8, 4) is 0 Å². The zero-order valence-electron chi connectivity index (χ0n) is 18.0. The Labute approximate surface area is 183 Å². The van der Waals surface area contributed by atoms with Gasteiger partial charge in [-0.15, -0.1) is 0 Å². The Bertz CT molecular complexity index is 1050. The molecule has 0 aliphatic heterocycles. The number of amides is 2. The third kappa shape index (κ3) is 5.10. The van der Waals surface area contributed by atoms with E-state index in [-0.39, 0.29) is 5.91 Å². The number of hydrogen-bond donors (Lipinski definition) is 3. The number of anilines is 1. The Morgan fingerprint density at radius 2 is 1.65 bits per heavy atom. The third-order valence-corrected chi connectivity index (χ3v) is 5.58. The van der Waals surface area contributed by atoms with Crippen LogP contribution in [0.15, 0.2) is 72.8 Å². The number of nitrogens with one attached hydrogen (secondary N) is 1. The molecule has 0 radical (unpaired) electrons. The van der Waals surface area contributed by atoms with Gasteiger partial charge in [0, 0.05) is 12.7 Å². The van der Waals surface area contributed by atoms with Gasteiger partial charge in [0.15, 0.2) is 5.66 Å². The van der Waals surface area contributed by atoms with Gasteiger partial charge in [-0.05, 0) is 41.3 Å². The second kappa shape index (κ2) is 9.73. The van der Waals surface area contributed by atoms with Gasteiger partial charge in [0.25, 0.3) is 5.91 Å². The van der Waals surface area contributed by atoms with Crippen molar-refractivity contribution in [3.05, 3.63) is 78.4 Å². The number of nitrogens with two attached hydrogens (primary N) is 2. The van der Waals surface area contributed by atoms with E-state index in [4.69, 9.17) is 11.5 Å². The van der Waals surface area contributed by atoms with Gasteiger partial charge in [0.05, 0.1) is 6.04 Å². The highest BCUT2D eigenvalue weighted by molar-refractivity contribution is 6.01. The number of hydrogen-bond acceptors (Lipinski definition) is 4. The summed E-state index contributed by atoms with van der Waals surface area (Å²) < 4.78 is 0. The summed E-state index contributed by atoms with van der Waals surface area (Å²) in [5.74, 6) is -0.805. The van der Waals surface area contributed by atoms with Crippen molar-refractivity contribution < 1.29 is 9.59 Å². The fourth-order valence-corrected chi connectivity index (χ4v) is 3.72. The van der Waals surface area contributed by atoms with E-state index in [1.165, 1.54) is 4.90 Å². The van der Waals surface area contributed by atoms with Crippen molar-refractivity contribution in [2.45, 2.75) is 37.9 Å². The fraction of sp³-hybridized carbons (Fsp3) is 0.280. The number of fused-ring (bicyclic) bond motifs is 1. The summed E-state index contributed by atoms with van der Waals surface area (Å²) in [5.41, 5.74) is 12.8. The van der Waals surface area contributed by atoms with E-state index in [1.807, 2.05) is 79.7 Å². The van der Waals surface area contributed by atoms with Crippen molar-refractivity contribution in [2.24, 2.45) is 11.5 Å². The fourth-order valence-electron chi connectivity index (χ4n) is 3.72. The predicted molar refractivity (Wildman–Crippen MR) is 125 cm³/mol. The lowest BCUT2D eigenvalue weighted by molar-refractivity contribution is -0.144. The van der Waals surface area contributed by atoms with Gasteiger partial charge in [-0.2, -0.15) is 0 Å². The Morgan fingerprint density at radius 1 is 1.00 bits per heavy atom. The van der Waals surface area contributed by atoms with Crippen LogP contribution in [0, 0.1) is 0 Å². The van der Waals surface area contributed by atoms with Gasteiger partial charge in [-0.3, -0.25) is 9.59 Å². The first kappa shape index (κ1) is 22.5. The van der Waals surface area contributed by atoms with Crippen LogP contribution in [-0.2, 0) is 16.0 Å². The zero-order chi connectivity index (χ0) is 22.4. The summed E-state index contributed by atoms with van der Waals surface area (Å²) in [6.07, 6.45) is 1.32. The maximum Gasteiger partial charge on any atom is 0.265 e. The van der Waals surface area contributed by atoms with E-state index in [0.29, 0.717) is 24.9 Å². The van der Waals surface area contributed by atoms with Crippen LogP contribution in [-0.4, -0.2) is 35.5 Å². The Kier molecular flexibility index (Phi) is 7.05. The van der Waals surface area contributed by atoms with Crippen LogP contribution in [0.1, 0.15) is 25.3 Å². The lowest BCUT2D eigenvalue weighted by Crippen LogP contribution is -2.66. The van der Waals surface area contributed by atoms with Gasteiger partial charge in [0.2, 0.25) is 5.91 Å². The van der Waals surface area contributed by atoms with Crippen LogP contribution < -0.4 is 16.8 Å². The number of carbonyl (C=O) groups is 2. The molecule has 2 amide bonds. The summed E-state index contributed by atoms with van der Waals surface area (Å²) in [5, 5.41) is 4.97. The topological polar surface area (TPSA) is 101 Å². The van der Waals surface area contributed by atoms with Crippen molar-refractivity contribution in [3.63, 3.8) is 0 Å². The van der Waals surface area contributed by atoms with Crippen LogP contribution in [0.3, 0.4) is 0 Å². The summed E-state index contributed by atoms with van der Waals surface area (Å²) in [6, 6.07) is 22.3. The summed E-state index contributed by atoms with van der Waals surface area (Å²) in [7, 11) is 1.54. The minimum Gasteiger partial charge on any atom is -0.323 e. The average Bonchev–Trinajstić information content (AvgIpc) is 2.78. The smallest absolute Gasteiger partial charge is 0.265 e. The van der Waals surface area contributed by atoms with Crippen molar-refractivity contribution in [1.82, 2.24) is 4.90 Å². The van der Waals surface area contributed by atoms with Gasteiger partial charge in [-0.25, -0.2) is 0 Å². The van der Waals surface area contributed by atoms with Gasteiger partial charge >= 0.3 is 0 Å². The summed E-state index contributed by atoms with van der Waals surface area (Å²) in [4.78, 5) is 27.6. The molecule has 0 aromatic heterocycles. The number of rotatable bonds is 8. The first-order valence-electron chi connectivity index (χ1n) is 10.5. The van der Waals surface area contributed by atoms with Gasteiger partial charge < -0.3 is 21.7 Å². The minimum absolute atomic E-state index is 0.312. The monoisotopic (exact) mass is 418 g/mol. The molecule has 31 heavy (non-hydrogen) atoms. The van der Waals surface area contributed by atoms with Crippen LogP contribution in [0.5, 0.6) is 0 Å². The minimum atomic E-state index is -1.51. The van der Waals surface area contributed by atoms with Crippen LogP contribution in [0.4, 0.5) is 5.69 Å². The van der Waals surface area contributed by atoms with E-state index in [1.54, 1.807) is 7.05 Å². The second-order valence-electron chi connectivity index (χ2n) is 7.88. The summed E-state index contributed by atoms with van der Waals surface area (Å²) in [6.45, 7) is 1.92. The van der Waals surface area contributed by atoms with E-state index < -0.39 is 17.6 Å². The Hall–Kier alpha value is -3.22. The molecule has 6 nitrogen and oxygen atoms in total. The summed E-state index contributed by atoms with van der Waals surface area (Å²) >= 11 is 0. The number of carbonyl (C=O) groups excluding carboxylic acids is 2. The molecule has 0 heterocycles. The highest BCUT2D eigenvalue weighted by Gasteiger charge is 2.41. The lowest BCUT2D eigenvalue weighted by atomic mass is 9.99. The molecule has 0 saturated carbocycles. The van der Waals surface area contributed by atoms with Crippen LogP contribution >= 0.6 is 0 Å². The SMILES string of the molecule is CCC[C@@](N)(C(=O)Nc1ccc2ccccc2c1)N(C)C(=O)[C@@H](N)Cc1ccccc1. The molecule has 0 fully saturated rings. The second-order valence-corrected chi connectivity index (χ2v) is 7.88. The third-order valence-electron chi connectivity index (χ3n) is 5.58. The average molecular weight is 419 g/mol. The van der Waals surface area contributed by atoms with Crippen LogP contribution in [0.2, 0.25) is 0 Å². The van der Waals surface area contributed by atoms with Gasteiger partial charge in [-0.1, -0.05) is 74.0 Å². The number of benzene rings is 3. The molecule has 5 N–H and O–H groups in total. The first-order valence-corrected chi connectivity index (χ1v) is 10.5. The molecule has 0 aliphatic rings. The maximum absolute atomic E-state index is 13.2. The highest BCUT2D eigenvalue weighted by Crippen LogP contribution is 2.22. The van der Waals surface area contributed by atoms with Gasteiger partial charge in [0.1, 0.15) is 0 Å². The molecule has 3 rings (SSSR count). The van der Waals surface area contributed by atoms with E-state index in [9.17, 15) is 9.59 Å². The highest BCUT2D eigenvalue weighted by atomic mass is 16.2.